The van der Waals surface area contributed by atoms with Crippen molar-refractivity contribution in [2.24, 2.45) is 5.73 Å². The molecule has 0 bridgehead atoms. The first-order valence-corrected chi connectivity index (χ1v) is 10.2. The van der Waals surface area contributed by atoms with E-state index in [0.717, 1.165) is 10.4 Å². The molecule has 0 saturated heterocycles. The number of hydrogen-bond donors (Lipinski definition) is 3. The molecule has 0 aliphatic carbocycles. The van der Waals surface area contributed by atoms with Crippen molar-refractivity contribution >= 4 is 39.8 Å². The van der Waals surface area contributed by atoms with Crippen molar-refractivity contribution in [2.75, 3.05) is 11.9 Å². The van der Waals surface area contributed by atoms with Gasteiger partial charge in [-0.2, -0.15) is 0 Å². The molecule has 6 nitrogen and oxygen atoms in total. The van der Waals surface area contributed by atoms with Gasteiger partial charge >= 0.3 is 0 Å². The Morgan fingerprint density at radius 3 is 2.50 bits per heavy atom. The van der Waals surface area contributed by atoms with Crippen LogP contribution in [-0.4, -0.2) is 24.0 Å². The molecular formula is C20H25ClN3O3S+. The van der Waals surface area contributed by atoms with E-state index in [1.807, 2.05) is 0 Å². The molecule has 0 fully saturated rings. The number of halogens is 1. The predicted molar refractivity (Wildman–Crippen MR) is 111 cm³/mol. The number of primary amides is 1. The summed E-state index contributed by atoms with van der Waals surface area (Å²) in [4.78, 5) is 25.7. The maximum Gasteiger partial charge on any atom is 0.262 e. The lowest BCUT2D eigenvalue weighted by Gasteiger charge is -2.38. The zero-order chi connectivity index (χ0) is 20.7. The monoisotopic (exact) mass is 422 g/mol. The van der Waals surface area contributed by atoms with Gasteiger partial charge in [-0.25, -0.2) is 0 Å². The number of thiophene rings is 1. The molecule has 0 unspecified atom stereocenters. The van der Waals surface area contributed by atoms with Gasteiger partial charge < -0.3 is 21.1 Å². The molecule has 0 saturated carbocycles. The summed E-state index contributed by atoms with van der Waals surface area (Å²) in [6.45, 7) is 8.33. The molecular weight excluding hydrogens is 398 g/mol. The van der Waals surface area contributed by atoms with Crippen molar-refractivity contribution in [1.29, 1.82) is 0 Å². The number of fused-ring (bicyclic) bond motifs is 1. The minimum atomic E-state index is -0.528. The average molecular weight is 423 g/mol. The smallest absolute Gasteiger partial charge is 0.262 e. The van der Waals surface area contributed by atoms with Gasteiger partial charge in [-0.15, -0.1) is 11.3 Å². The van der Waals surface area contributed by atoms with Crippen LogP contribution >= 0.6 is 22.9 Å². The van der Waals surface area contributed by atoms with E-state index in [4.69, 9.17) is 22.1 Å². The Hall–Kier alpha value is -2.09. The van der Waals surface area contributed by atoms with Gasteiger partial charge in [0.2, 0.25) is 0 Å². The number of carbonyl (C=O) groups excluding carboxylic acids is 2. The predicted octanol–water partition coefficient (Wildman–Crippen LogP) is 2.65. The summed E-state index contributed by atoms with van der Waals surface area (Å²) >= 11 is 7.25. The van der Waals surface area contributed by atoms with Gasteiger partial charge in [-0.05, 0) is 57.5 Å². The van der Waals surface area contributed by atoms with Gasteiger partial charge in [0, 0.05) is 11.4 Å². The number of anilines is 1. The molecule has 2 aromatic rings. The first kappa shape index (κ1) is 20.6. The minimum absolute atomic E-state index is 0.0687. The van der Waals surface area contributed by atoms with Crippen LogP contribution in [0.5, 0.6) is 5.75 Å². The summed E-state index contributed by atoms with van der Waals surface area (Å²) in [5.41, 5.74) is 6.74. The molecule has 1 aliphatic heterocycles. The quantitative estimate of drug-likeness (QED) is 0.690. The van der Waals surface area contributed by atoms with Crippen molar-refractivity contribution in [3.8, 4) is 5.75 Å². The first-order valence-electron chi connectivity index (χ1n) is 9.00. The third kappa shape index (κ3) is 4.32. The van der Waals surface area contributed by atoms with E-state index < -0.39 is 5.91 Å². The number of quaternary nitrogens is 1. The lowest BCUT2D eigenvalue weighted by molar-refractivity contribution is -0.789. The molecule has 1 aromatic carbocycles. The molecule has 5 N–H and O–H groups in total. The summed E-state index contributed by atoms with van der Waals surface area (Å²) in [6, 6.07) is 6.75. The van der Waals surface area contributed by atoms with E-state index >= 15 is 0 Å². The fraction of sp³-hybridized carbons (Fsp3) is 0.400. The number of hydrogen-bond acceptors (Lipinski definition) is 4. The lowest BCUT2D eigenvalue weighted by Crippen LogP contribution is -3.03. The van der Waals surface area contributed by atoms with Crippen molar-refractivity contribution in [1.82, 2.24) is 0 Å². The Bertz CT molecular complexity index is 920. The fourth-order valence-electron chi connectivity index (χ4n) is 3.89. The van der Waals surface area contributed by atoms with E-state index in [1.54, 1.807) is 24.3 Å². The molecule has 150 valence electrons. The van der Waals surface area contributed by atoms with Crippen LogP contribution in [0.15, 0.2) is 24.3 Å². The van der Waals surface area contributed by atoms with E-state index in [9.17, 15) is 9.59 Å². The number of carbonyl (C=O) groups is 2. The number of nitrogens with one attached hydrogen (secondary N) is 1. The van der Waals surface area contributed by atoms with Gasteiger partial charge in [0.15, 0.2) is 6.61 Å². The highest BCUT2D eigenvalue weighted by Gasteiger charge is 2.45. The summed E-state index contributed by atoms with van der Waals surface area (Å²) in [7, 11) is 0. The largest absolute Gasteiger partial charge is 0.484 e. The molecule has 28 heavy (non-hydrogen) atoms. The second kappa shape index (κ2) is 7.39. The third-order valence-electron chi connectivity index (χ3n) is 4.66. The van der Waals surface area contributed by atoms with Crippen molar-refractivity contribution in [2.45, 2.75) is 45.2 Å². The Morgan fingerprint density at radius 2 is 1.89 bits per heavy atom. The molecule has 0 spiro atoms. The summed E-state index contributed by atoms with van der Waals surface area (Å²) in [5, 5.41) is 6.18. The number of rotatable bonds is 5. The second-order valence-corrected chi connectivity index (χ2v) is 9.76. The molecule has 0 radical (unpaired) electrons. The second-order valence-electron chi connectivity index (χ2n) is 8.30. The molecule has 1 aromatic heterocycles. The highest BCUT2D eigenvalue weighted by molar-refractivity contribution is 7.17. The molecule has 1 aliphatic rings. The SMILES string of the molecule is CC1(C)Cc2c(sc(NC(=O)COc3ccc(Cl)cc3)c2C(N)=O)C(C)(C)[NH2+]1. The van der Waals surface area contributed by atoms with Gasteiger partial charge in [-0.3, -0.25) is 9.59 Å². The van der Waals surface area contributed by atoms with E-state index in [-0.39, 0.29) is 23.6 Å². The van der Waals surface area contributed by atoms with Crippen LogP contribution in [0.4, 0.5) is 5.00 Å². The molecule has 8 heteroatoms. The van der Waals surface area contributed by atoms with Gasteiger partial charge in [-0.1, -0.05) is 11.6 Å². The Kier molecular flexibility index (Phi) is 5.44. The highest BCUT2D eigenvalue weighted by Crippen LogP contribution is 2.41. The number of amides is 2. The number of ether oxygens (including phenoxy) is 1. The number of nitrogens with two attached hydrogens (primary N) is 2. The molecule has 0 atom stereocenters. The zero-order valence-electron chi connectivity index (χ0n) is 16.4. The van der Waals surface area contributed by atoms with Crippen molar-refractivity contribution in [3.63, 3.8) is 0 Å². The van der Waals surface area contributed by atoms with Crippen molar-refractivity contribution < 1.29 is 19.6 Å². The van der Waals surface area contributed by atoms with Crippen LogP contribution in [0.1, 0.15) is 48.5 Å². The molecule has 2 heterocycles. The van der Waals surface area contributed by atoms with Gasteiger partial charge in [0.25, 0.3) is 11.8 Å². The van der Waals surface area contributed by atoms with Crippen molar-refractivity contribution in [3.05, 3.63) is 45.3 Å². The fourth-order valence-corrected chi connectivity index (χ4v) is 5.33. The Morgan fingerprint density at radius 1 is 1.25 bits per heavy atom. The van der Waals surface area contributed by atoms with Crippen LogP contribution in [0.3, 0.4) is 0 Å². The van der Waals surface area contributed by atoms with E-state index in [0.29, 0.717) is 27.8 Å². The van der Waals surface area contributed by atoms with Gasteiger partial charge in [0.05, 0.1) is 16.0 Å². The third-order valence-corrected chi connectivity index (χ3v) is 6.40. The Balaban J connectivity index is 1.82. The highest BCUT2D eigenvalue weighted by atomic mass is 35.5. The normalized spacial score (nSPS) is 16.9. The van der Waals surface area contributed by atoms with Crippen LogP contribution < -0.4 is 21.1 Å². The van der Waals surface area contributed by atoms with E-state index in [1.165, 1.54) is 11.3 Å². The van der Waals surface area contributed by atoms with Crippen LogP contribution in [-0.2, 0) is 16.8 Å². The number of benzene rings is 1. The van der Waals surface area contributed by atoms with E-state index in [2.05, 4.69) is 38.3 Å². The van der Waals surface area contributed by atoms with Crippen LogP contribution in [0, 0.1) is 0 Å². The average Bonchev–Trinajstić information content (AvgIpc) is 2.91. The molecule has 2 amide bonds. The van der Waals surface area contributed by atoms with Crippen LogP contribution in [0.25, 0.3) is 0 Å². The minimum Gasteiger partial charge on any atom is -0.484 e. The zero-order valence-corrected chi connectivity index (χ0v) is 18.0. The summed E-state index contributed by atoms with van der Waals surface area (Å²) in [5.74, 6) is -0.338. The maximum absolute atomic E-state index is 12.4. The molecule has 3 rings (SSSR count). The summed E-state index contributed by atoms with van der Waals surface area (Å²) < 4.78 is 5.48. The lowest BCUT2D eigenvalue weighted by atomic mass is 9.81. The topological polar surface area (TPSA) is 98.0 Å². The Labute approximate surface area is 173 Å². The summed E-state index contributed by atoms with van der Waals surface area (Å²) in [6.07, 6.45) is 0.706. The van der Waals surface area contributed by atoms with Gasteiger partial charge in [0.1, 0.15) is 16.3 Å². The standard InChI is InChI=1S/C20H24ClN3O3S/c1-19(2)9-13-15(17(22)26)18(28-16(13)20(3,4)24-19)23-14(25)10-27-12-7-5-11(21)6-8-12/h5-8,24H,9-10H2,1-4H3,(H2,22,26)(H,23,25)/p+1. The van der Waals surface area contributed by atoms with Crippen LogP contribution in [0.2, 0.25) is 5.02 Å². The first-order chi connectivity index (χ1) is 13.0. The maximum atomic E-state index is 12.4.